The predicted molar refractivity (Wildman–Crippen MR) is 63.9 cm³/mol. The largest absolute Gasteiger partial charge is 0.397 e. The van der Waals surface area contributed by atoms with Crippen LogP contribution in [0.3, 0.4) is 0 Å². The lowest BCUT2D eigenvalue weighted by Crippen LogP contribution is -2.02. The quantitative estimate of drug-likeness (QED) is 0.813. The van der Waals surface area contributed by atoms with E-state index < -0.39 is 0 Å². The van der Waals surface area contributed by atoms with Crippen LogP contribution < -0.4 is 11.1 Å². The van der Waals surface area contributed by atoms with Gasteiger partial charge < -0.3 is 11.1 Å². The Kier molecular flexibility index (Phi) is 2.76. The second-order valence-electron chi connectivity index (χ2n) is 3.74. The van der Waals surface area contributed by atoms with E-state index in [4.69, 9.17) is 5.73 Å². The molecule has 0 saturated heterocycles. The van der Waals surface area contributed by atoms with Crippen molar-refractivity contribution in [2.75, 3.05) is 11.1 Å². The molecule has 0 saturated carbocycles. The molecule has 2 heterocycles. The molecule has 5 heteroatoms. The summed E-state index contributed by atoms with van der Waals surface area (Å²) >= 11 is 0. The fraction of sp³-hybridized carbons (Fsp3) is 0.273. The summed E-state index contributed by atoms with van der Waals surface area (Å²) in [4.78, 5) is 4.02. The van der Waals surface area contributed by atoms with Gasteiger partial charge in [0.25, 0.3) is 0 Å². The molecule has 0 aliphatic heterocycles. The number of nitrogens with two attached hydrogens (primary N) is 1. The molecule has 0 radical (unpaired) electrons. The highest BCUT2D eigenvalue weighted by molar-refractivity contribution is 5.51. The zero-order chi connectivity index (χ0) is 11.5. The maximum absolute atomic E-state index is 5.64. The van der Waals surface area contributed by atoms with E-state index in [-0.39, 0.29) is 0 Å². The van der Waals surface area contributed by atoms with E-state index in [1.807, 2.05) is 30.9 Å². The summed E-state index contributed by atoms with van der Waals surface area (Å²) in [5, 5.41) is 7.44. The lowest BCUT2D eigenvalue weighted by atomic mass is 10.2. The van der Waals surface area contributed by atoms with E-state index in [1.54, 1.807) is 12.4 Å². The summed E-state index contributed by atoms with van der Waals surface area (Å²) in [6.07, 6.45) is 5.24. The number of hydrogen-bond acceptors (Lipinski definition) is 4. The molecular weight excluding hydrogens is 202 g/mol. The third kappa shape index (κ3) is 2.13. The third-order valence-corrected chi connectivity index (χ3v) is 2.58. The average molecular weight is 217 g/mol. The van der Waals surface area contributed by atoms with E-state index in [0.717, 1.165) is 17.9 Å². The van der Waals surface area contributed by atoms with Gasteiger partial charge in [-0.05, 0) is 13.0 Å². The first-order valence-corrected chi connectivity index (χ1v) is 5.08. The van der Waals surface area contributed by atoms with Crippen LogP contribution in [0.25, 0.3) is 0 Å². The van der Waals surface area contributed by atoms with Crippen molar-refractivity contribution in [3.8, 4) is 0 Å². The Morgan fingerprint density at radius 3 is 2.81 bits per heavy atom. The molecule has 2 rings (SSSR count). The highest BCUT2D eigenvalue weighted by Gasteiger charge is 2.03. The van der Waals surface area contributed by atoms with Crippen molar-refractivity contribution < 1.29 is 0 Å². The number of aromatic nitrogens is 3. The molecule has 5 nitrogen and oxygen atoms in total. The Labute approximate surface area is 94.3 Å². The van der Waals surface area contributed by atoms with Gasteiger partial charge in [-0.25, -0.2) is 0 Å². The number of anilines is 2. The molecule has 0 unspecified atom stereocenters. The van der Waals surface area contributed by atoms with E-state index in [9.17, 15) is 0 Å². The molecule has 84 valence electrons. The molecule has 0 aliphatic rings. The normalized spacial score (nSPS) is 10.4. The SMILES string of the molecule is Cc1c(CNc2cncc(N)c2)cnn1C. The van der Waals surface area contributed by atoms with Gasteiger partial charge in [0, 0.05) is 31.0 Å². The molecule has 0 aromatic carbocycles. The van der Waals surface area contributed by atoms with Crippen LogP contribution >= 0.6 is 0 Å². The summed E-state index contributed by atoms with van der Waals surface area (Å²) in [5.74, 6) is 0. The van der Waals surface area contributed by atoms with Crippen LogP contribution in [0, 0.1) is 6.92 Å². The maximum Gasteiger partial charge on any atom is 0.0550 e. The molecule has 16 heavy (non-hydrogen) atoms. The lowest BCUT2D eigenvalue weighted by molar-refractivity contribution is 0.738. The molecular formula is C11H15N5. The van der Waals surface area contributed by atoms with E-state index in [0.29, 0.717) is 5.69 Å². The fourth-order valence-corrected chi connectivity index (χ4v) is 1.47. The Bertz CT molecular complexity index is 489. The number of nitrogens with one attached hydrogen (secondary N) is 1. The summed E-state index contributed by atoms with van der Waals surface area (Å²) in [6.45, 7) is 2.77. The topological polar surface area (TPSA) is 68.8 Å². The number of pyridine rings is 1. The first-order chi connectivity index (χ1) is 7.66. The summed E-state index contributed by atoms with van der Waals surface area (Å²) in [5.41, 5.74) is 9.55. The van der Waals surface area contributed by atoms with Gasteiger partial charge in [-0.2, -0.15) is 5.10 Å². The van der Waals surface area contributed by atoms with Crippen LogP contribution in [0.2, 0.25) is 0 Å². The van der Waals surface area contributed by atoms with Crippen LogP contribution in [0.15, 0.2) is 24.7 Å². The summed E-state index contributed by atoms with van der Waals surface area (Å²) in [6, 6.07) is 1.86. The minimum Gasteiger partial charge on any atom is -0.397 e. The molecule has 0 atom stereocenters. The van der Waals surface area contributed by atoms with Crippen LogP contribution in [0.5, 0.6) is 0 Å². The Morgan fingerprint density at radius 2 is 2.19 bits per heavy atom. The number of nitrogen functional groups attached to an aromatic ring is 1. The minimum atomic E-state index is 0.660. The smallest absolute Gasteiger partial charge is 0.0550 e. The molecule has 0 bridgehead atoms. The lowest BCUT2D eigenvalue weighted by Gasteiger charge is -2.06. The Morgan fingerprint density at radius 1 is 1.38 bits per heavy atom. The first-order valence-electron chi connectivity index (χ1n) is 5.08. The van der Waals surface area contributed by atoms with Crippen molar-refractivity contribution >= 4 is 11.4 Å². The number of hydrogen-bond donors (Lipinski definition) is 2. The van der Waals surface area contributed by atoms with Crippen molar-refractivity contribution in [1.29, 1.82) is 0 Å². The molecule has 2 aromatic rings. The summed E-state index contributed by atoms with van der Waals surface area (Å²) in [7, 11) is 1.93. The van der Waals surface area contributed by atoms with Gasteiger partial charge in [-0.3, -0.25) is 9.67 Å². The van der Waals surface area contributed by atoms with Crippen molar-refractivity contribution in [3.63, 3.8) is 0 Å². The van der Waals surface area contributed by atoms with Gasteiger partial charge in [0.15, 0.2) is 0 Å². The van der Waals surface area contributed by atoms with Crippen LogP contribution in [-0.2, 0) is 13.6 Å². The molecule has 0 spiro atoms. The highest BCUT2D eigenvalue weighted by Crippen LogP contribution is 2.12. The van der Waals surface area contributed by atoms with Crippen molar-refractivity contribution in [2.45, 2.75) is 13.5 Å². The average Bonchev–Trinajstić information content (AvgIpc) is 2.57. The van der Waals surface area contributed by atoms with Gasteiger partial charge in [0.2, 0.25) is 0 Å². The monoisotopic (exact) mass is 217 g/mol. The molecule has 0 fully saturated rings. The van der Waals surface area contributed by atoms with Crippen molar-refractivity contribution in [2.24, 2.45) is 7.05 Å². The van der Waals surface area contributed by atoms with Gasteiger partial charge in [-0.15, -0.1) is 0 Å². The second kappa shape index (κ2) is 4.22. The standard InChI is InChI=1S/C11H15N5/c1-8-9(5-15-16(8)2)4-14-11-3-10(12)6-13-7-11/h3,5-7,14H,4,12H2,1-2H3. The van der Waals surface area contributed by atoms with E-state index in [2.05, 4.69) is 15.4 Å². The second-order valence-corrected chi connectivity index (χ2v) is 3.74. The molecule has 3 N–H and O–H groups in total. The summed E-state index contributed by atoms with van der Waals surface area (Å²) < 4.78 is 1.86. The molecule has 2 aromatic heterocycles. The van der Waals surface area contributed by atoms with Crippen LogP contribution in [-0.4, -0.2) is 14.8 Å². The number of nitrogens with zero attached hydrogens (tertiary/aromatic N) is 3. The molecule has 0 aliphatic carbocycles. The van der Waals surface area contributed by atoms with E-state index in [1.165, 1.54) is 5.56 Å². The number of rotatable bonds is 3. The van der Waals surface area contributed by atoms with Gasteiger partial charge in [-0.1, -0.05) is 0 Å². The van der Waals surface area contributed by atoms with E-state index >= 15 is 0 Å². The first kappa shape index (κ1) is 10.5. The number of aryl methyl sites for hydroxylation is 1. The third-order valence-electron chi connectivity index (χ3n) is 2.58. The maximum atomic E-state index is 5.64. The van der Waals surface area contributed by atoms with Gasteiger partial charge in [0.05, 0.1) is 23.8 Å². The van der Waals surface area contributed by atoms with Crippen molar-refractivity contribution in [3.05, 3.63) is 35.9 Å². The van der Waals surface area contributed by atoms with Crippen LogP contribution in [0.4, 0.5) is 11.4 Å². The Hall–Kier alpha value is -2.04. The minimum absolute atomic E-state index is 0.660. The van der Waals surface area contributed by atoms with Gasteiger partial charge in [0.1, 0.15) is 0 Å². The zero-order valence-corrected chi connectivity index (χ0v) is 9.44. The van der Waals surface area contributed by atoms with Crippen LogP contribution in [0.1, 0.15) is 11.3 Å². The zero-order valence-electron chi connectivity index (χ0n) is 9.44. The Balaban J connectivity index is 2.05. The molecule has 0 amide bonds. The van der Waals surface area contributed by atoms with Crippen molar-refractivity contribution in [1.82, 2.24) is 14.8 Å². The fourth-order valence-electron chi connectivity index (χ4n) is 1.47. The van der Waals surface area contributed by atoms with Gasteiger partial charge >= 0.3 is 0 Å². The predicted octanol–water partition coefficient (Wildman–Crippen LogP) is 1.32. The highest BCUT2D eigenvalue weighted by atomic mass is 15.3.